The lowest BCUT2D eigenvalue weighted by Gasteiger charge is -2.20. The molecule has 0 saturated heterocycles. The highest BCUT2D eigenvalue weighted by molar-refractivity contribution is 5.81. The van der Waals surface area contributed by atoms with Crippen LogP contribution >= 0.6 is 0 Å². The van der Waals surface area contributed by atoms with Gasteiger partial charge in [0.15, 0.2) is 0 Å². The van der Waals surface area contributed by atoms with Gasteiger partial charge in [-0.15, -0.1) is 13.2 Å². The molecule has 1 aromatic rings. The number of benzene rings is 1. The number of aryl methyl sites for hydroxylation is 1. The van der Waals surface area contributed by atoms with Crippen LogP contribution in [0.5, 0.6) is 0 Å². The molecule has 6 heteroatoms. The zero-order valence-electron chi connectivity index (χ0n) is 12.4. The number of hydrogen-bond donors (Lipinski definition) is 1. The third-order valence-corrected chi connectivity index (χ3v) is 3.04. The summed E-state index contributed by atoms with van der Waals surface area (Å²) < 4.78 is 38.5. The first-order valence-electron chi connectivity index (χ1n) is 6.71. The van der Waals surface area contributed by atoms with Gasteiger partial charge in [-0.3, -0.25) is 4.79 Å². The van der Waals surface area contributed by atoms with Crippen LogP contribution in [0.3, 0.4) is 0 Å². The van der Waals surface area contributed by atoms with E-state index in [9.17, 15) is 18.0 Å². The summed E-state index contributed by atoms with van der Waals surface area (Å²) in [7, 11) is 0. The maximum absolute atomic E-state index is 12.8. The van der Waals surface area contributed by atoms with Crippen molar-refractivity contribution in [3.63, 3.8) is 0 Å². The van der Waals surface area contributed by atoms with Crippen LogP contribution in [0.4, 0.5) is 18.9 Å². The maximum atomic E-state index is 12.8. The summed E-state index contributed by atoms with van der Waals surface area (Å²) in [5.74, 6) is -0.242. The van der Waals surface area contributed by atoms with E-state index in [1.54, 1.807) is 12.2 Å². The number of nitrogens with one attached hydrogen (secondary N) is 1. The van der Waals surface area contributed by atoms with Gasteiger partial charge in [-0.1, -0.05) is 18.2 Å². The molecule has 1 rings (SSSR count). The lowest BCUT2D eigenvalue weighted by Crippen LogP contribution is -2.35. The monoisotopic (exact) mass is 312 g/mol. The van der Waals surface area contributed by atoms with E-state index in [4.69, 9.17) is 0 Å². The molecule has 0 aromatic heterocycles. The van der Waals surface area contributed by atoms with Crippen LogP contribution in [-0.2, 0) is 11.0 Å². The van der Waals surface area contributed by atoms with E-state index in [0.29, 0.717) is 13.1 Å². The zero-order chi connectivity index (χ0) is 16.8. The lowest BCUT2D eigenvalue weighted by atomic mass is 10.1. The molecule has 0 saturated carbocycles. The van der Waals surface area contributed by atoms with E-state index in [2.05, 4.69) is 18.5 Å². The molecule has 120 valence electrons. The van der Waals surface area contributed by atoms with E-state index < -0.39 is 11.7 Å². The van der Waals surface area contributed by atoms with E-state index in [0.717, 1.165) is 6.07 Å². The fourth-order valence-electron chi connectivity index (χ4n) is 1.92. The van der Waals surface area contributed by atoms with Crippen molar-refractivity contribution in [1.29, 1.82) is 0 Å². The summed E-state index contributed by atoms with van der Waals surface area (Å²) in [6, 6.07) is 3.90. The molecule has 0 aliphatic carbocycles. The summed E-state index contributed by atoms with van der Waals surface area (Å²) in [5.41, 5.74) is -0.313. The minimum absolute atomic E-state index is 0.0952. The van der Waals surface area contributed by atoms with Crippen molar-refractivity contribution in [3.05, 3.63) is 54.6 Å². The van der Waals surface area contributed by atoms with E-state index in [1.165, 1.54) is 24.0 Å². The Morgan fingerprint density at radius 1 is 1.27 bits per heavy atom. The highest BCUT2D eigenvalue weighted by atomic mass is 19.4. The van der Waals surface area contributed by atoms with E-state index >= 15 is 0 Å². The van der Waals surface area contributed by atoms with Crippen molar-refractivity contribution in [2.75, 3.05) is 25.0 Å². The summed E-state index contributed by atoms with van der Waals surface area (Å²) in [6.07, 6.45) is -1.26. The molecule has 1 amide bonds. The van der Waals surface area contributed by atoms with Crippen molar-refractivity contribution in [1.82, 2.24) is 4.90 Å². The molecule has 22 heavy (non-hydrogen) atoms. The standard InChI is InChI=1S/C16H19F3N2O/c1-4-8-21(9-5-2)15(22)11-20-13-7-6-12(3)14(10-13)16(17,18)19/h4-7,10,20H,1-2,8-9,11H2,3H3. The van der Waals surface area contributed by atoms with Gasteiger partial charge in [-0.2, -0.15) is 13.2 Å². The van der Waals surface area contributed by atoms with Gasteiger partial charge in [0.25, 0.3) is 0 Å². The normalized spacial score (nSPS) is 10.9. The average Bonchev–Trinajstić information content (AvgIpc) is 2.44. The first kappa shape index (κ1) is 17.8. The van der Waals surface area contributed by atoms with E-state index in [-0.39, 0.29) is 23.7 Å². The third kappa shape index (κ3) is 4.95. The molecule has 0 bridgehead atoms. The van der Waals surface area contributed by atoms with Crippen LogP contribution in [0.2, 0.25) is 0 Å². The summed E-state index contributed by atoms with van der Waals surface area (Å²) in [6.45, 7) is 9.13. The van der Waals surface area contributed by atoms with Crippen molar-refractivity contribution in [2.24, 2.45) is 0 Å². The topological polar surface area (TPSA) is 32.3 Å². The molecule has 0 heterocycles. The Bertz CT molecular complexity index is 543. The second-order valence-corrected chi connectivity index (χ2v) is 4.76. The highest BCUT2D eigenvalue weighted by Crippen LogP contribution is 2.33. The molecule has 1 aromatic carbocycles. The number of amides is 1. The fourth-order valence-corrected chi connectivity index (χ4v) is 1.92. The average molecular weight is 312 g/mol. The van der Waals surface area contributed by atoms with Crippen molar-refractivity contribution < 1.29 is 18.0 Å². The molecular formula is C16H19F3N2O. The lowest BCUT2D eigenvalue weighted by molar-refractivity contribution is -0.138. The van der Waals surface area contributed by atoms with Crippen LogP contribution in [0.25, 0.3) is 0 Å². The Morgan fingerprint density at radius 2 is 1.86 bits per heavy atom. The number of hydrogen-bond acceptors (Lipinski definition) is 2. The number of rotatable bonds is 7. The van der Waals surface area contributed by atoms with Gasteiger partial charge in [-0.05, 0) is 24.6 Å². The van der Waals surface area contributed by atoms with E-state index in [1.807, 2.05) is 0 Å². The number of anilines is 1. The molecule has 3 nitrogen and oxygen atoms in total. The van der Waals surface area contributed by atoms with Gasteiger partial charge in [0.2, 0.25) is 5.91 Å². The number of carbonyl (C=O) groups is 1. The molecule has 0 aliphatic heterocycles. The zero-order valence-corrected chi connectivity index (χ0v) is 12.4. The SMILES string of the molecule is C=CCN(CC=C)C(=O)CNc1ccc(C)c(C(F)(F)F)c1. The molecule has 0 unspecified atom stereocenters. The van der Waals surface area contributed by atoms with Crippen molar-refractivity contribution in [2.45, 2.75) is 13.1 Å². The van der Waals surface area contributed by atoms with Crippen LogP contribution in [-0.4, -0.2) is 30.4 Å². The Morgan fingerprint density at radius 3 is 2.36 bits per heavy atom. The molecule has 0 atom stereocenters. The van der Waals surface area contributed by atoms with Gasteiger partial charge < -0.3 is 10.2 Å². The summed E-state index contributed by atoms with van der Waals surface area (Å²) in [5, 5.41) is 2.72. The van der Waals surface area contributed by atoms with Gasteiger partial charge in [-0.25, -0.2) is 0 Å². The highest BCUT2D eigenvalue weighted by Gasteiger charge is 2.32. The number of halogens is 3. The Hall–Kier alpha value is -2.24. The minimum Gasteiger partial charge on any atom is -0.376 e. The smallest absolute Gasteiger partial charge is 0.376 e. The van der Waals surface area contributed by atoms with Crippen molar-refractivity contribution in [3.8, 4) is 0 Å². The fraction of sp³-hybridized carbons (Fsp3) is 0.312. The Kier molecular flexibility index (Phi) is 6.22. The molecular weight excluding hydrogens is 293 g/mol. The molecule has 0 spiro atoms. The number of carbonyl (C=O) groups excluding carboxylic acids is 1. The second-order valence-electron chi connectivity index (χ2n) is 4.76. The number of nitrogens with zero attached hydrogens (tertiary/aromatic N) is 1. The summed E-state index contributed by atoms with van der Waals surface area (Å²) in [4.78, 5) is 13.5. The predicted molar refractivity (Wildman–Crippen MR) is 81.6 cm³/mol. The first-order valence-corrected chi connectivity index (χ1v) is 6.71. The van der Waals surface area contributed by atoms with Crippen molar-refractivity contribution >= 4 is 11.6 Å². The van der Waals surface area contributed by atoms with Crippen LogP contribution in [0.1, 0.15) is 11.1 Å². The Balaban J connectivity index is 2.77. The predicted octanol–water partition coefficient (Wildman–Crippen LogP) is 3.63. The van der Waals surface area contributed by atoms with Crippen LogP contribution in [0, 0.1) is 6.92 Å². The van der Waals surface area contributed by atoms with Gasteiger partial charge in [0, 0.05) is 18.8 Å². The van der Waals surface area contributed by atoms with Crippen LogP contribution < -0.4 is 5.32 Å². The van der Waals surface area contributed by atoms with Gasteiger partial charge in [0.1, 0.15) is 0 Å². The van der Waals surface area contributed by atoms with Gasteiger partial charge in [0.05, 0.1) is 12.1 Å². The van der Waals surface area contributed by atoms with Crippen LogP contribution in [0.15, 0.2) is 43.5 Å². The molecule has 0 radical (unpaired) electrons. The molecule has 0 aliphatic rings. The summed E-state index contributed by atoms with van der Waals surface area (Å²) >= 11 is 0. The first-order chi connectivity index (χ1) is 10.3. The largest absolute Gasteiger partial charge is 0.416 e. The third-order valence-electron chi connectivity index (χ3n) is 3.04. The molecule has 0 fully saturated rings. The molecule has 1 N–H and O–H groups in total. The second kappa shape index (κ2) is 7.68. The van der Waals surface area contributed by atoms with Gasteiger partial charge >= 0.3 is 6.18 Å². The maximum Gasteiger partial charge on any atom is 0.416 e. The Labute approximate surface area is 128 Å². The quantitative estimate of drug-likeness (QED) is 0.780. The number of alkyl halides is 3. The minimum atomic E-state index is -4.41.